The summed E-state index contributed by atoms with van der Waals surface area (Å²) in [5.41, 5.74) is 6.97. The van der Waals surface area contributed by atoms with Gasteiger partial charge in [0, 0.05) is 17.1 Å². The Labute approximate surface area is 126 Å². The number of rotatable bonds is 4. The molecule has 4 nitrogen and oxygen atoms in total. The number of allylic oxidation sites excluding steroid dienone is 1. The zero-order valence-electron chi connectivity index (χ0n) is 11.3. The smallest absolute Gasteiger partial charge is 0.250 e. The molecule has 2 N–H and O–H groups in total. The number of amides is 2. The summed E-state index contributed by atoms with van der Waals surface area (Å²) in [4.78, 5) is 25.6. The monoisotopic (exact) mass is 336 g/mol. The van der Waals surface area contributed by atoms with Gasteiger partial charge in [-0.05, 0) is 37.0 Å². The molecule has 5 heteroatoms. The summed E-state index contributed by atoms with van der Waals surface area (Å²) >= 11 is 3.37. The van der Waals surface area contributed by atoms with Crippen LogP contribution in [-0.4, -0.2) is 23.8 Å². The fourth-order valence-electron chi connectivity index (χ4n) is 2.46. The highest BCUT2D eigenvalue weighted by atomic mass is 79.9. The number of hydrogen-bond acceptors (Lipinski definition) is 2. The van der Waals surface area contributed by atoms with Crippen LogP contribution in [0.2, 0.25) is 0 Å². The third-order valence-electron chi connectivity index (χ3n) is 3.46. The highest BCUT2D eigenvalue weighted by Gasteiger charge is 2.29. The molecule has 1 aliphatic rings. The molecule has 0 aromatic heterocycles. The van der Waals surface area contributed by atoms with Gasteiger partial charge in [0.05, 0.1) is 0 Å². The first-order valence-electron chi connectivity index (χ1n) is 6.51. The minimum absolute atomic E-state index is 0.119. The fourth-order valence-corrected chi connectivity index (χ4v) is 2.88. The molecule has 1 unspecified atom stereocenters. The number of primary amides is 1. The molecule has 0 saturated carbocycles. The van der Waals surface area contributed by atoms with E-state index >= 15 is 0 Å². The molecule has 0 bridgehead atoms. The number of hydrogen-bond donors (Lipinski definition) is 1. The molecular weight excluding hydrogens is 320 g/mol. The van der Waals surface area contributed by atoms with E-state index < -0.39 is 11.9 Å². The van der Waals surface area contributed by atoms with Crippen molar-refractivity contribution in [2.75, 3.05) is 7.05 Å². The zero-order chi connectivity index (χ0) is 14.7. The molecule has 106 valence electrons. The number of likely N-dealkylation sites (N-methyl/N-ethyl adjacent to an activating group) is 1. The molecule has 1 aromatic carbocycles. The average molecular weight is 337 g/mol. The van der Waals surface area contributed by atoms with Crippen molar-refractivity contribution >= 4 is 27.7 Å². The molecule has 0 saturated heterocycles. The molecule has 2 amide bonds. The Kier molecular flexibility index (Phi) is 4.60. The van der Waals surface area contributed by atoms with Gasteiger partial charge in [-0.25, -0.2) is 0 Å². The summed E-state index contributed by atoms with van der Waals surface area (Å²) in [6.45, 7) is 0. The SMILES string of the molecule is CN(C(=O)C1=CCCC1)C(C(N)=O)c1cccc(Br)c1. The minimum Gasteiger partial charge on any atom is -0.368 e. The number of nitrogens with two attached hydrogens (primary N) is 1. The number of halogens is 1. The summed E-state index contributed by atoms with van der Waals surface area (Å²) in [5.74, 6) is -0.649. The van der Waals surface area contributed by atoms with E-state index in [9.17, 15) is 9.59 Å². The second kappa shape index (κ2) is 6.22. The molecule has 20 heavy (non-hydrogen) atoms. The fraction of sp³-hybridized carbons (Fsp3) is 0.333. The lowest BCUT2D eigenvalue weighted by molar-refractivity contribution is -0.135. The number of carbonyl (C=O) groups is 2. The van der Waals surface area contributed by atoms with E-state index in [1.165, 1.54) is 4.90 Å². The highest BCUT2D eigenvalue weighted by Crippen LogP contribution is 2.26. The van der Waals surface area contributed by atoms with Crippen LogP contribution in [-0.2, 0) is 9.59 Å². The topological polar surface area (TPSA) is 63.4 Å². The first kappa shape index (κ1) is 14.8. The van der Waals surface area contributed by atoms with Crippen molar-refractivity contribution in [3.05, 3.63) is 46.0 Å². The van der Waals surface area contributed by atoms with Gasteiger partial charge in [0.25, 0.3) is 0 Å². The Morgan fingerprint density at radius 3 is 2.70 bits per heavy atom. The second-order valence-electron chi connectivity index (χ2n) is 4.90. The van der Waals surface area contributed by atoms with Gasteiger partial charge in [-0.1, -0.05) is 34.1 Å². The molecule has 0 aliphatic heterocycles. The number of benzene rings is 1. The predicted octanol–water partition coefficient (Wildman–Crippen LogP) is 2.54. The normalized spacial score (nSPS) is 15.6. The van der Waals surface area contributed by atoms with Gasteiger partial charge in [-0.2, -0.15) is 0 Å². The third kappa shape index (κ3) is 3.10. The first-order chi connectivity index (χ1) is 9.50. The molecular formula is C15H17BrN2O2. The quantitative estimate of drug-likeness (QED) is 0.918. The van der Waals surface area contributed by atoms with Crippen molar-refractivity contribution in [1.29, 1.82) is 0 Å². The van der Waals surface area contributed by atoms with Crippen molar-refractivity contribution in [3.63, 3.8) is 0 Å². The van der Waals surface area contributed by atoms with Gasteiger partial charge in [0.1, 0.15) is 6.04 Å². The molecule has 1 atom stereocenters. The zero-order valence-corrected chi connectivity index (χ0v) is 12.9. The molecule has 2 rings (SSSR count). The maximum Gasteiger partial charge on any atom is 0.250 e. The molecule has 0 fully saturated rings. The standard InChI is InChI=1S/C15H17BrN2O2/c1-18(15(20)10-5-2-3-6-10)13(14(17)19)11-7-4-8-12(16)9-11/h4-5,7-9,13H,2-3,6H2,1H3,(H2,17,19). The van der Waals surface area contributed by atoms with Crippen LogP contribution >= 0.6 is 15.9 Å². The van der Waals surface area contributed by atoms with E-state index in [4.69, 9.17) is 5.73 Å². The van der Waals surface area contributed by atoms with Crippen molar-refractivity contribution in [1.82, 2.24) is 4.90 Å². The van der Waals surface area contributed by atoms with Gasteiger partial charge < -0.3 is 10.6 Å². The Balaban J connectivity index is 2.29. The molecule has 0 heterocycles. The maximum absolute atomic E-state index is 12.4. The van der Waals surface area contributed by atoms with Gasteiger partial charge >= 0.3 is 0 Å². The number of nitrogens with zero attached hydrogens (tertiary/aromatic N) is 1. The minimum atomic E-state index is -0.749. The summed E-state index contributed by atoms with van der Waals surface area (Å²) in [7, 11) is 1.62. The van der Waals surface area contributed by atoms with E-state index in [1.807, 2.05) is 24.3 Å². The average Bonchev–Trinajstić information content (AvgIpc) is 2.91. The van der Waals surface area contributed by atoms with E-state index in [2.05, 4.69) is 15.9 Å². The van der Waals surface area contributed by atoms with Crippen LogP contribution < -0.4 is 5.73 Å². The van der Waals surface area contributed by atoms with E-state index in [1.54, 1.807) is 13.1 Å². The van der Waals surface area contributed by atoms with Crippen molar-refractivity contribution in [2.45, 2.75) is 25.3 Å². The lowest BCUT2D eigenvalue weighted by atomic mass is 10.0. The Bertz CT molecular complexity index is 569. The van der Waals surface area contributed by atoms with E-state index in [0.717, 1.165) is 29.3 Å². The first-order valence-corrected chi connectivity index (χ1v) is 7.31. The number of carbonyl (C=O) groups excluding carboxylic acids is 2. The predicted molar refractivity (Wildman–Crippen MR) is 80.8 cm³/mol. The molecule has 1 aliphatic carbocycles. The van der Waals surface area contributed by atoms with Gasteiger partial charge in [0.15, 0.2) is 0 Å². The second-order valence-corrected chi connectivity index (χ2v) is 5.81. The summed E-state index contributed by atoms with van der Waals surface area (Å²) in [5, 5.41) is 0. The highest BCUT2D eigenvalue weighted by molar-refractivity contribution is 9.10. The summed E-state index contributed by atoms with van der Waals surface area (Å²) in [6, 6.07) is 6.54. The van der Waals surface area contributed by atoms with E-state index in [0.29, 0.717) is 5.56 Å². The molecule has 1 aromatic rings. The van der Waals surface area contributed by atoms with Crippen LogP contribution in [0, 0.1) is 0 Å². The Morgan fingerprint density at radius 1 is 1.40 bits per heavy atom. The van der Waals surface area contributed by atoms with Crippen molar-refractivity contribution in [2.24, 2.45) is 5.73 Å². The van der Waals surface area contributed by atoms with Crippen LogP contribution in [0.1, 0.15) is 30.9 Å². The molecule has 0 spiro atoms. The van der Waals surface area contributed by atoms with Crippen molar-refractivity contribution in [3.8, 4) is 0 Å². The van der Waals surface area contributed by atoms with Crippen LogP contribution in [0.4, 0.5) is 0 Å². The lowest BCUT2D eigenvalue weighted by Gasteiger charge is -2.26. The third-order valence-corrected chi connectivity index (χ3v) is 3.95. The van der Waals surface area contributed by atoms with Crippen molar-refractivity contribution < 1.29 is 9.59 Å². The Hall–Kier alpha value is -1.62. The van der Waals surface area contributed by atoms with Crippen LogP contribution in [0.15, 0.2) is 40.4 Å². The maximum atomic E-state index is 12.4. The van der Waals surface area contributed by atoms with Crippen LogP contribution in [0.25, 0.3) is 0 Å². The largest absolute Gasteiger partial charge is 0.368 e. The van der Waals surface area contributed by atoms with Gasteiger partial charge in [0.2, 0.25) is 11.8 Å². The Morgan fingerprint density at radius 2 is 2.15 bits per heavy atom. The van der Waals surface area contributed by atoms with E-state index in [-0.39, 0.29) is 5.91 Å². The summed E-state index contributed by atoms with van der Waals surface area (Å²) in [6.07, 6.45) is 4.63. The van der Waals surface area contributed by atoms with Gasteiger partial charge in [-0.15, -0.1) is 0 Å². The van der Waals surface area contributed by atoms with Crippen LogP contribution in [0.3, 0.4) is 0 Å². The van der Waals surface area contributed by atoms with Gasteiger partial charge in [-0.3, -0.25) is 9.59 Å². The lowest BCUT2D eigenvalue weighted by Crippen LogP contribution is -2.39. The summed E-state index contributed by atoms with van der Waals surface area (Å²) < 4.78 is 0.849. The molecule has 0 radical (unpaired) electrons. The van der Waals surface area contributed by atoms with Crippen LogP contribution in [0.5, 0.6) is 0 Å².